The van der Waals surface area contributed by atoms with E-state index in [1.807, 2.05) is 6.92 Å². The Morgan fingerprint density at radius 2 is 1.95 bits per heavy atom. The molecule has 3 N–H and O–H groups in total. The van der Waals surface area contributed by atoms with Gasteiger partial charge in [-0.2, -0.15) is 4.98 Å². The summed E-state index contributed by atoms with van der Waals surface area (Å²) in [4.78, 5) is 20.6. The summed E-state index contributed by atoms with van der Waals surface area (Å²) in [7, 11) is 0. The van der Waals surface area contributed by atoms with Crippen molar-refractivity contribution >= 4 is 17.0 Å². The van der Waals surface area contributed by atoms with E-state index in [0.717, 1.165) is 23.9 Å². The van der Waals surface area contributed by atoms with Gasteiger partial charge in [0.25, 0.3) is 5.56 Å². The number of aliphatic hydroxyl groups is 1. The number of rotatable bonds is 1. The lowest BCUT2D eigenvalue weighted by molar-refractivity contribution is 0.111. The monoisotopic (exact) mass is 274 g/mol. The summed E-state index contributed by atoms with van der Waals surface area (Å²) in [5.74, 6) is 0.185. The van der Waals surface area contributed by atoms with E-state index in [1.54, 1.807) is 16.7 Å². The van der Waals surface area contributed by atoms with E-state index >= 15 is 0 Å². The second-order valence-corrected chi connectivity index (χ2v) is 5.41. The van der Waals surface area contributed by atoms with Crippen molar-refractivity contribution in [1.29, 1.82) is 0 Å². The lowest BCUT2D eigenvalue weighted by atomic mass is 9.92. The lowest BCUT2D eigenvalue weighted by Crippen LogP contribution is -2.29. The van der Waals surface area contributed by atoms with Gasteiger partial charge in [0, 0.05) is 17.5 Å². The summed E-state index contributed by atoms with van der Waals surface area (Å²) >= 11 is 0. The predicted octanol–water partition coefficient (Wildman–Crippen LogP) is 1.16. The van der Waals surface area contributed by atoms with Gasteiger partial charge in [-0.3, -0.25) is 9.36 Å². The number of aromatic nitrogens is 3. The van der Waals surface area contributed by atoms with Gasteiger partial charge in [-0.05, 0) is 38.7 Å². The Bertz CT molecular complexity index is 702. The number of pyridine rings is 1. The summed E-state index contributed by atoms with van der Waals surface area (Å²) in [6.45, 7) is 1.86. The Hall–Kier alpha value is -1.95. The number of aryl methyl sites for hydroxylation is 1. The molecule has 1 aliphatic carbocycles. The highest BCUT2D eigenvalue weighted by Gasteiger charge is 2.23. The lowest BCUT2D eigenvalue weighted by Gasteiger charge is -2.27. The van der Waals surface area contributed by atoms with Gasteiger partial charge < -0.3 is 10.8 Å². The van der Waals surface area contributed by atoms with Crippen molar-refractivity contribution in [3.63, 3.8) is 0 Å². The van der Waals surface area contributed by atoms with Gasteiger partial charge in [-0.25, -0.2) is 4.98 Å². The minimum absolute atomic E-state index is 0.0725. The van der Waals surface area contributed by atoms with E-state index in [1.165, 1.54) is 0 Å². The fourth-order valence-corrected chi connectivity index (χ4v) is 2.97. The molecule has 2 heterocycles. The van der Waals surface area contributed by atoms with Crippen molar-refractivity contribution in [3.8, 4) is 0 Å². The Morgan fingerprint density at radius 3 is 2.65 bits per heavy atom. The number of anilines is 1. The predicted molar refractivity (Wildman–Crippen MR) is 76.5 cm³/mol. The van der Waals surface area contributed by atoms with Crippen molar-refractivity contribution in [2.24, 2.45) is 0 Å². The first-order valence-corrected chi connectivity index (χ1v) is 6.89. The molecule has 6 heteroatoms. The molecule has 0 saturated heterocycles. The summed E-state index contributed by atoms with van der Waals surface area (Å²) in [6.07, 6.45) is 2.74. The topological polar surface area (TPSA) is 94.0 Å². The van der Waals surface area contributed by atoms with Gasteiger partial charge in [-0.15, -0.1) is 0 Å². The first-order valence-electron chi connectivity index (χ1n) is 6.89. The van der Waals surface area contributed by atoms with Crippen LogP contribution in [0.15, 0.2) is 16.9 Å². The molecule has 0 unspecified atom stereocenters. The van der Waals surface area contributed by atoms with Gasteiger partial charge in [0.05, 0.1) is 11.8 Å². The minimum Gasteiger partial charge on any atom is -0.393 e. The van der Waals surface area contributed by atoms with Crippen molar-refractivity contribution in [3.05, 3.63) is 28.2 Å². The van der Waals surface area contributed by atoms with Crippen LogP contribution in [0, 0.1) is 6.92 Å². The molecule has 0 amide bonds. The van der Waals surface area contributed by atoms with Crippen LogP contribution in [0.4, 0.5) is 5.95 Å². The van der Waals surface area contributed by atoms with Gasteiger partial charge >= 0.3 is 0 Å². The van der Waals surface area contributed by atoms with E-state index in [-0.39, 0.29) is 23.7 Å². The highest BCUT2D eigenvalue weighted by atomic mass is 16.3. The molecule has 6 nitrogen and oxygen atoms in total. The maximum absolute atomic E-state index is 12.2. The van der Waals surface area contributed by atoms with E-state index in [4.69, 9.17) is 5.73 Å². The molecule has 1 aliphatic rings. The number of hydrogen-bond donors (Lipinski definition) is 2. The summed E-state index contributed by atoms with van der Waals surface area (Å²) in [6, 6.07) is 3.38. The van der Waals surface area contributed by atoms with Crippen LogP contribution in [-0.4, -0.2) is 25.7 Å². The van der Waals surface area contributed by atoms with Crippen LogP contribution in [0.25, 0.3) is 11.0 Å². The number of hydrogen-bond acceptors (Lipinski definition) is 5. The molecule has 1 fully saturated rings. The molecule has 0 aliphatic heterocycles. The third-order valence-corrected chi connectivity index (χ3v) is 4.02. The van der Waals surface area contributed by atoms with Crippen LogP contribution in [0.1, 0.15) is 37.4 Å². The quantitative estimate of drug-likeness (QED) is 0.813. The maximum Gasteiger partial charge on any atom is 0.252 e. The number of nitrogen functional groups attached to an aromatic ring is 1. The van der Waals surface area contributed by atoms with Gasteiger partial charge in [0.15, 0.2) is 0 Å². The normalized spacial score (nSPS) is 23.1. The fourth-order valence-electron chi connectivity index (χ4n) is 2.97. The second-order valence-electron chi connectivity index (χ2n) is 5.41. The maximum atomic E-state index is 12.2. The average Bonchev–Trinajstić information content (AvgIpc) is 2.40. The molecular formula is C14H18N4O2. The molecule has 106 valence electrons. The van der Waals surface area contributed by atoms with Gasteiger partial charge in [0.2, 0.25) is 5.95 Å². The molecular weight excluding hydrogens is 256 g/mol. The minimum atomic E-state index is -0.252. The fraction of sp³-hybridized carbons (Fsp3) is 0.500. The third-order valence-electron chi connectivity index (χ3n) is 4.02. The van der Waals surface area contributed by atoms with Crippen molar-refractivity contribution in [2.45, 2.75) is 44.8 Å². The Labute approximate surface area is 116 Å². The zero-order chi connectivity index (χ0) is 14.3. The van der Waals surface area contributed by atoms with Crippen molar-refractivity contribution in [1.82, 2.24) is 14.5 Å². The van der Waals surface area contributed by atoms with Crippen LogP contribution in [0.3, 0.4) is 0 Å². The Balaban J connectivity index is 2.18. The molecule has 2 aromatic heterocycles. The zero-order valence-electron chi connectivity index (χ0n) is 11.4. The zero-order valence-corrected chi connectivity index (χ0v) is 11.4. The first-order chi connectivity index (χ1) is 9.56. The van der Waals surface area contributed by atoms with Gasteiger partial charge in [-0.1, -0.05) is 0 Å². The summed E-state index contributed by atoms with van der Waals surface area (Å²) < 4.78 is 1.71. The van der Waals surface area contributed by atoms with Crippen LogP contribution in [0.2, 0.25) is 0 Å². The average molecular weight is 274 g/mol. The van der Waals surface area contributed by atoms with E-state index in [9.17, 15) is 9.90 Å². The van der Waals surface area contributed by atoms with E-state index < -0.39 is 0 Å². The molecule has 0 aromatic carbocycles. The molecule has 2 aromatic rings. The molecule has 0 atom stereocenters. The van der Waals surface area contributed by atoms with Crippen LogP contribution in [-0.2, 0) is 0 Å². The smallest absolute Gasteiger partial charge is 0.252 e. The Morgan fingerprint density at radius 1 is 1.25 bits per heavy atom. The third kappa shape index (κ3) is 2.16. The molecule has 20 heavy (non-hydrogen) atoms. The van der Waals surface area contributed by atoms with Crippen LogP contribution < -0.4 is 11.3 Å². The number of nitrogens with zero attached hydrogens (tertiary/aromatic N) is 3. The molecule has 1 saturated carbocycles. The summed E-state index contributed by atoms with van der Waals surface area (Å²) in [5.41, 5.74) is 7.02. The highest BCUT2D eigenvalue weighted by Crippen LogP contribution is 2.29. The van der Waals surface area contributed by atoms with Gasteiger partial charge in [0.1, 0.15) is 5.65 Å². The number of aliphatic hydroxyl groups excluding tert-OH is 1. The van der Waals surface area contributed by atoms with E-state index in [0.29, 0.717) is 18.5 Å². The molecule has 0 spiro atoms. The van der Waals surface area contributed by atoms with E-state index in [2.05, 4.69) is 9.97 Å². The molecule has 0 bridgehead atoms. The second kappa shape index (κ2) is 4.86. The van der Waals surface area contributed by atoms with Crippen LogP contribution in [0.5, 0.6) is 0 Å². The largest absolute Gasteiger partial charge is 0.393 e. The summed E-state index contributed by atoms with van der Waals surface area (Å²) in [5, 5.41) is 10.5. The van der Waals surface area contributed by atoms with Crippen molar-refractivity contribution in [2.75, 3.05) is 5.73 Å². The van der Waals surface area contributed by atoms with Crippen molar-refractivity contribution < 1.29 is 5.11 Å². The standard InChI is InChI=1S/C14H18N4O2/c1-8-11-6-7-12(20)18(13(11)17-14(15)16-8)9-2-4-10(19)5-3-9/h6-7,9-10,19H,2-5H2,1H3,(H2,15,16,17). The molecule has 3 rings (SSSR count). The number of nitrogens with two attached hydrogens (primary N) is 1. The number of fused-ring (bicyclic) bond motifs is 1. The highest BCUT2D eigenvalue weighted by molar-refractivity contribution is 5.78. The SMILES string of the molecule is Cc1nc(N)nc2c1ccc(=O)n2C1CCC(O)CC1. The molecule has 0 radical (unpaired) electrons. The first kappa shape index (κ1) is 13.1. The van der Waals surface area contributed by atoms with Crippen LogP contribution >= 0.6 is 0 Å². The Kier molecular flexibility index (Phi) is 3.17.